The predicted molar refractivity (Wildman–Crippen MR) is 134 cm³/mol. The minimum absolute atomic E-state index is 0.528. The van der Waals surface area contributed by atoms with E-state index in [9.17, 15) is 0 Å². The summed E-state index contributed by atoms with van der Waals surface area (Å²) in [4.78, 5) is 9.87. The second-order valence-corrected chi connectivity index (χ2v) is 8.45. The van der Waals surface area contributed by atoms with Gasteiger partial charge in [-0.25, -0.2) is 9.97 Å². The standard InChI is InChI=1S/C24H22N4O2S2/c1-15-7-9-16(10-8-15)27-24(31)28-17-5-4-6-18(11-17)32-23-19-12-21(29-2)22(30-3)13-20(19)25-14-26-23/h4-14H,1-3H3,(H2,27,28,31). The molecule has 0 aliphatic carbocycles. The highest BCUT2D eigenvalue weighted by molar-refractivity contribution is 7.99. The van der Waals surface area contributed by atoms with Gasteiger partial charge in [0.05, 0.1) is 19.7 Å². The third-order valence-corrected chi connectivity index (χ3v) is 5.93. The number of hydrogen-bond acceptors (Lipinski definition) is 6. The smallest absolute Gasteiger partial charge is 0.175 e. The Hall–Kier alpha value is -3.36. The van der Waals surface area contributed by atoms with Crippen LogP contribution < -0.4 is 20.1 Å². The number of hydrogen-bond donors (Lipinski definition) is 2. The first-order chi connectivity index (χ1) is 15.6. The molecule has 0 saturated carbocycles. The topological polar surface area (TPSA) is 68.3 Å². The number of benzene rings is 3. The molecule has 0 aliphatic rings. The molecule has 1 aromatic heterocycles. The van der Waals surface area contributed by atoms with E-state index in [-0.39, 0.29) is 0 Å². The van der Waals surface area contributed by atoms with E-state index in [0.29, 0.717) is 16.6 Å². The van der Waals surface area contributed by atoms with E-state index in [1.807, 2.05) is 60.7 Å². The number of methoxy groups -OCH3 is 2. The van der Waals surface area contributed by atoms with Crippen LogP contribution in [0.4, 0.5) is 11.4 Å². The Morgan fingerprint density at radius 1 is 0.875 bits per heavy atom. The predicted octanol–water partition coefficient (Wildman–Crippen LogP) is 5.92. The maximum absolute atomic E-state index is 5.46. The van der Waals surface area contributed by atoms with Gasteiger partial charge in [-0.3, -0.25) is 0 Å². The van der Waals surface area contributed by atoms with Gasteiger partial charge in [-0.2, -0.15) is 0 Å². The fourth-order valence-corrected chi connectivity index (χ4v) is 4.28. The minimum atomic E-state index is 0.528. The van der Waals surface area contributed by atoms with Crippen LogP contribution in [0.15, 0.2) is 76.9 Å². The van der Waals surface area contributed by atoms with Crippen LogP contribution in [0.5, 0.6) is 11.5 Å². The Labute approximate surface area is 196 Å². The number of aryl methyl sites for hydroxylation is 1. The van der Waals surface area contributed by atoms with Crippen LogP contribution in [0.1, 0.15) is 5.56 Å². The summed E-state index contributed by atoms with van der Waals surface area (Å²) in [6.45, 7) is 2.05. The van der Waals surface area contributed by atoms with E-state index in [1.54, 1.807) is 32.3 Å². The number of rotatable bonds is 6. The molecule has 1 heterocycles. The second kappa shape index (κ2) is 9.84. The summed E-state index contributed by atoms with van der Waals surface area (Å²) in [6, 6.07) is 19.8. The van der Waals surface area contributed by atoms with Crippen LogP contribution in [0, 0.1) is 6.92 Å². The number of aromatic nitrogens is 2. The fourth-order valence-electron chi connectivity index (χ4n) is 3.12. The summed E-state index contributed by atoms with van der Waals surface area (Å²) in [5.41, 5.74) is 3.82. The van der Waals surface area contributed by atoms with E-state index in [2.05, 4.69) is 27.5 Å². The molecule has 0 spiro atoms. The van der Waals surface area contributed by atoms with Gasteiger partial charge in [0.2, 0.25) is 0 Å². The third kappa shape index (κ3) is 5.09. The van der Waals surface area contributed by atoms with E-state index >= 15 is 0 Å². The minimum Gasteiger partial charge on any atom is -0.493 e. The molecule has 0 radical (unpaired) electrons. The Balaban J connectivity index is 1.53. The van der Waals surface area contributed by atoms with Gasteiger partial charge in [-0.1, -0.05) is 35.5 Å². The molecule has 2 N–H and O–H groups in total. The van der Waals surface area contributed by atoms with Crippen LogP contribution in [0.25, 0.3) is 10.9 Å². The molecule has 0 atom stereocenters. The monoisotopic (exact) mass is 462 g/mol. The highest BCUT2D eigenvalue weighted by Gasteiger charge is 2.12. The SMILES string of the molecule is COc1cc2ncnc(Sc3cccc(NC(=S)Nc4ccc(C)cc4)c3)c2cc1OC. The van der Waals surface area contributed by atoms with Gasteiger partial charge in [-0.15, -0.1) is 0 Å². The van der Waals surface area contributed by atoms with E-state index < -0.39 is 0 Å². The molecule has 0 amide bonds. The van der Waals surface area contributed by atoms with Crippen molar-refractivity contribution in [3.05, 3.63) is 72.6 Å². The maximum atomic E-state index is 5.46. The molecule has 0 bridgehead atoms. The fraction of sp³-hybridized carbons (Fsp3) is 0.125. The van der Waals surface area contributed by atoms with Crippen molar-refractivity contribution < 1.29 is 9.47 Å². The zero-order valence-electron chi connectivity index (χ0n) is 17.9. The number of anilines is 2. The van der Waals surface area contributed by atoms with E-state index in [1.165, 1.54) is 5.56 Å². The summed E-state index contributed by atoms with van der Waals surface area (Å²) in [7, 11) is 3.22. The molecule has 4 rings (SSSR count). The van der Waals surface area contributed by atoms with Gasteiger partial charge in [0.15, 0.2) is 16.6 Å². The molecule has 0 aliphatic heterocycles. The highest BCUT2D eigenvalue weighted by Crippen LogP contribution is 2.37. The second-order valence-electron chi connectivity index (χ2n) is 6.98. The molecule has 8 heteroatoms. The zero-order valence-corrected chi connectivity index (χ0v) is 19.5. The van der Waals surface area contributed by atoms with Crippen molar-refractivity contribution in [1.29, 1.82) is 0 Å². The molecule has 0 unspecified atom stereocenters. The summed E-state index contributed by atoms with van der Waals surface area (Å²) in [6.07, 6.45) is 1.55. The highest BCUT2D eigenvalue weighted by atomic mass is 32.2. The van der Waals surface area contributed by atoms with Gasteiger partial charge in [-0.05, 0) is 55.5 Å². The Morgan fingerprint density at radius 2 is 1.59 bits per heavy atom. The Bertz CT molecular complexity index is 1260. The van der Waals surface area contributed by atoms with E-state index in [4.69, 9.17) is 21.7 Å². The van der Waals surface area contributed by atoms with Gasteiger partial charge in [0.1, 0.15) is 11.4 Å². The summed E-state index contributed by atoms with van der Waals surface area (Å²) in [5.74, 6) is 1.27. The third-order valence-electron chi connectivity index (χ3n) is 4.72. The lowest BCUT2D eigenvalue weighted by Crippen LogP contribution is -2.18. The average Bonchev–Trinajstić information content (AvgIpc) is 2.80. The van der Waals surface area contributed by atoms with Gasteiger partial charge >= 0.3 is 0 Å². The first-order valence-corrected chi connectivity index (χ1v) is 11.1. The lowest BCUT2D eigenvalue weighted by molar-refractivity contribution is 0.355. The van der Waals surface area contributed by atoms with Crippen molar-refractivity contribution >= 4 is 51.4 Å². The lowest BCUT2D eigenvalue weighted by atomic mass is 10.2. The van der Waals surface area contributed by atoms with Crippen molar-refractivity contribution in [2.24, 2.45) is 0 Å². The number of nitrogens with one attached hydrogen (secondary N) is 2. The summed E-state index contributed by atoms with van der Waals surface area (Å²) < 4.78 is 10.8. The maximum Gasteiger partial charge on any atom is 0.175 e. The number of ether oxygens (including phenoxy) is 2. The quantitative estimate of drug-likeness (QED) is 0.271. The van der Waals surface area contributed by atoms with Crippen LogP contribution in [0.3, 0.4) is 0 Å². The number of nitrogens with zero attached hydrogens (tertiary/aromatic N) is 2. The zero-order chi connectivity index (χ0) is 22.5. The normalized spacial score (nSPS) is 10.6. The van der Waals surface area contributed by atoms with Gasteiger partial charge < -0.3 is 20.1 Å². The number of fused-ring (bicyclic) bond motifs is 1. The molecule has 0 saturated heterocycles. The molecule has 3 aromatic carbocycles. The Kier molecular flexibility index (Phi) is 6.72. The van der Waals surface area contributed by atoms with Crippen LogP contribution in [0.2, 0.25) is 0 Å². The molecule has 0 fully saturated rings. The first kappa shape index (κ1) is 21.9. The van der Waals surface area contributed by atoms with E-state index in [0.717, 1.165) is 32.2 Å². The molecule has 6 nitrogen and oxygen atoms in total. The lowest BCUT2D eigenvalue weighted by Gasteiger charge is -2.12. The van der Waals surface area contributed by atoms with Crippen molar-refractivity contribution in [3.63, 3.8) is 0 Å². The molecule has 32 heavy (non-hydrogen) atoms. The first-order valence-electron chi connectivity index (χ1n) is 9.85. The molecule has 4 aromatic rings. The van der Waals surface area contributed by atoms with Gasteiger partial charge in [0.25, 0.3) is 0 Å². The Morgan fingerprint density at radius 3 is 2.34 bits per heavy atom. The van der Waals surface area contributed by atoms with Crippen molar-refractivity contribution in [2.45, 2.75) is 16.8 Å². The van der Waals surface area contributed by atoms with Crippen molar-refractivity contribution in [2.75, 3.05) is 24.9 Å². The van der Waals surface area contributed by atoms with Gasteiger partial charge in [0, 0.05) is 27.7 Å². The molecular weight excluding hydrogens is 440 g/mol. The molecular formula is C24H22N4O2S2. The summed E-state index contributed by atoms with van der Waals surface area (Å²) >= 11 is 7.01. The van der Waals surface area contributed by atoms with Crippen LogP contribution >= 0.6 is 24.0 Å². The van der Waals surface area contributed by atoms with Crippen LogP contribution in [-0.2, 0) is 0 Å². The van der Waals surface area contributed by atoms with Crippen molar-refractivity contribution in [1.82, 2.24) is 9.97 Å². The summed E-state index contributed by atoms with van der Waals surface area (Å²) in [5, 5.41) is 8.69. The van der Waals surface area contributed by atoms with Crippen LogP contribution in [-0.4, -0.2) is 29.3 Å². The largest absolute Gasteiger partial charge is 0.493 e. The molecule has 162 valence electrons. The average molecular weight is 463 g/mol. The number of thiocarbonyl (C=S) groups is 1. The van der Waals surface area contributed by atoms with Crippen molar-refractivity contribution in [3.8, 4) is 11.5 Å².